The average Bonchev–Trinajstić information content (AvgIpc) is 4.04. The predicted molar refractivity (Wildman–Crippen MR) is 286 cm³/mol. The molecule has 0 amide bonds. The number of nitrogens with zero attached hydrogens (tertiary/aromatic N) is 1. The maximum absolute atomic E-state index is 2.51. The third kappa shape index (κ3) is 5.03. The maximum Gasteiger partial charge on any atom is 0.0726 e. The minimum absolute atomic E-state index is 0.447. The molecular weight excluding hydrogens is 827 g/mol. The van der Waals surface area contributed by atoms with Gasteiger partial charge in [-0.25, -0.2) is 0 Å². The van der Waals surface area contributed by atoms with Gasteiger partial charge in [-0.2, -0.15) is 0 Å². The van der Waals surface area contributed by atoms with Crippen molar-refractivity contribution in [2.45, 2.75) is 5.41 Å². The van der Waals surface area contributed by atoms with Gasteiger partial charge in [-0.1, -0.05) is 194 Å². The fraction of sp³-hybridized carbons (Fsp3) is 0.0154. The fourth-order valence-corrected chi connectivity index (χ4v) is 13.5. The highest BCUT2D eigenvalue weighted by atomic mass is 32.1. The van der Waals surface area contributed by atoms with Gasteiger partial charge in [0.05, 0.1) is 5.41 Å². The summed E-state index contributed by atoms with van der Waals surface area (Å²) >= 11 is 1.90. The van der Waals surface area contributed by atoms with Gasteiger partial charge in [0, 0.05) is 37.2 Å². The van der Waals surface area contributed by atoms with Crippen LogP contribution in [0.25, 0.3) is 96.6 Å². The lowest BCUT2D eigenvalue weighted by molar-refractivity contribution is 0.793. The van der Waals surface area contributed by atoms with Gasteiger partial charge in [-0.05, 0) is 141 Å². The topological polar surface area (TPSA) is 3.24 Å². The number of fused-ring (bicyclic) bond motifs is 21. The normalized spacial score (nSPS) is 13.2. The molecule has 2 heteroatoms. The molecular formula is C65H39NS. The third-order valence-corrected chi connectivity index (χ3v) is 16.3. The van der Waals surface area contributed by atoms with Crippen LogP contribution in [-0.2, 0) is 5.41 Å². The molecule has 0 aliphatic heterocycles. The van der Waals surface area contributed by atoms with E-state index in [9.17, 15) is 0 Å². The van der Waals surface area contributed by atoms with Gasteiger partial charge >= 0.3 is 0 Å². The maximum atomic E-state index is 2.51. The van der Waals surface area contributed by atoms with E-state index in [4.69, 9.17) is 0 Å². The third-order valence-electron chi connectivity index (χ3n) is 15.0. The molecule has 0 fully saturated rings. The number of hydrogen-bond acceptors (Lipinski definition) is 2. The lowest BCUT2D eigenvalue weighted by Gasteiger charge is -2.32. The lowest BCUT2D eigenvalue weighted by Crippen LogP contribution is -2.26. The minimum Gasteiger partial charge on any atom is -0.310 e. The van der Waals surface area contributed by atoms with Crippen molar-refractivity contribution in [2.75, 3.05) is 4.90 Å². The van der Waals surface area contributed by atoms with Crippen molar-refractivity contribution in [3.63, 3.8) is 0 Å². The summed E-state index contributed by atoms with van der Waals surface area (Å²) in [4.78, 5) is 2.49. The Labute approximate surface area is 392 Å². The zero-order valence-electron chi connectivity index (χ0n) is 36.4. The van der Waals surface area contributed by atoms with Crippen molar-refractivity contribution in [3.05, 3.63) is 259 Å². The van der Waals surface area contributed by atoms with E-state index in [1.54, 1.807) is 0 Å². The Morgan fingerprint density at radius 2 is 0.776 bits per heavy atom. The molecule has 1 heterocycles. The van der Waals surface area contributed by atoms with Crippen LogP contribution in [0.15, 0.2) is 237 Å². The quantitative estimate of drug-likeness (QED) is 0.159. The molecule has 1 nitrogen and oxygen atoms in total. The van der Waals surface area contributed by atoms with Crippen LogP contribution < -0.4 is 4.90 Å². The van der Waals surface area contributed by atoms with Crippen molar-refractivity contribution in [1.82, 2.24) is 0 Å². The Bertz CT molecular complexity index is 4130. The van der Waals surface area contributed by atoms with Crippen LogP contribution in [0.3, 0.4) is 0 Å². The summed E-state index contributed by atoms with van der Waals surface area (Å²) in [6.07, 6.45) is 0. The summed E-state index contributed by atoms with van der Waals surface area (Å²) in [6, 6.07) is 88.8. The SMILES string of the molecule is c1ccc2c(c1)-c1ccccc1C21c2ccccc2-c2ccc(N(c3ccc(-c4cccc5c4sc4ccc6ccccc6c45)cc3)c3ccc4c5ccccc5c5ccccc5c4c3)cc21. The highest BCUT2D eigenvalue weighted by Crippen LogP contribution is 2.63. The van der Waals surface area contributed by atoms with Crippen LogP contribution in [0.1, 0.15) is 22.3 Å². The van der Waals surface area contributed by atoms with Crippen LogP contribution in [0.5, 0.6) is 0 Å². The molecule has 1 aromatic heterocycles. The standard InChI is InChI=1S/C65H39NS/c1-2-15-45-40(14-1)30-37-62-63(45)56-24-13-23-46(64(56)67-62)41-28-31-42(32-29-41)66(43-33-35-51-49-18-4-3-16-47(49)48-17-5-6-19-50(48)57(51)38-43)44-34-36-55-54-22-9-12-27-60(54)65(61(55)39-44)58-25-10-7-20-52(58)53-21-8-11-26-59(53)65/h1-39H. The molecule has 13 aromatic rings. The zero-order chi connectivity index (χ0) is 43.8. The summed E-state index contributed by atoms with van der Waals surface area (Å²) in [5.74, 6) is 0. The van der Waals surface area contributed by atoms with Gasteiger partial charge in [0.2, 0.25) is 0 Å². The summed E-state index contributed by atoms with van der Waals surface area (Å²) in [5, 5.41) is 12.9. The van der Waals surface area contributed by atoms with Gasteiger partial charge in [0.25, 0.3) is 0 Å². The van der Waals surface area contributed by atoms with Crippen molar-refractivity contribution in [1.29, 1.82) is 0 Å². The van der Waals surface area contributed by atoms with E-state index in [1.807, 2.05) is 11.3 Å². The Balaban J connectivity index is 0.963. The van der Waals surface area contributed by atoms with Crippen molar-refractivity contribution in [2.24, 2.45) is 0 Å². The molecule has 0 atom stereocenters. The van der Waals surface area contributed by atoms with E-state index in [1.165, 1.54) is 119 Å². The number of rotatable bonds is 4. The van der Waals surface area contributed by atoms with Crippen molar-refractivity contribution < 1.29 is 0 Å². The molecule has 2 aliphatic carbocycles. The van der Waals surface area contributed by atoms with Crippen LogP contribution in [0.4, 0.5) is 17.1 Å². The molecule has 0 radical (unpaired) electrons. The molecule has 310 valence electrons. The van der Waals surface area contributed by atoms with Crippen molar-refractivity contribution >= 4 is 91.7 Å². The predicted octanol–water partition coefficient (Wildman–Crippen LogP) is 18.1. The number of thiophene rings is 1. The van der Waals surface area contributed by atoms with E-state index in [0.29, 0.717) is 0 Å². The first-order valence-corrected chi connectivity index (χ1v) is 24.1. The molecule has 67 heavy (non-hydrogen) atoms. The largest absolute Gasteiger partial charge is 0.310 e. The highest BCUT2D eigenvalue weighted by molar-refractivity contribution is 7.26. The molecule has 2 aliphatic rings. The van der Waals surface area contributed by atoms with Gasteiger partial charge in [-0.15, -0.1) is 11.3 Å². The van der Waals surface area contributed by atoms with Crippen molar-refractivity contribution in [3.8, 4) is 33.4 Å². The number of hydrogen-bond donors (Lipinski definition) is 0. The van der Waals surface area contributed by atoms with Gasteiger partial charge in [0.1, 0.15) is 0 Å². The summed E-state index contributed by atoms with van der Waals surface area (Å²) in [7, 11) is 0. The van der Waals surface area contributed by atoms with E-state index in [-0.39, 0.29) is 0 Å². The van der Waals surface area contributed by atoms with Crippen LogP contribution in [0.2, 0.25) is 0 Å². The van der Waals surface area contributed by atoms with Crippen LogP contribution in [-0.4, -0.2) is 0 Å². The first-order valence-electron chi connectivity index (χ1n) is 23.2. The molecule has 0 saturated heterocycles. The molecule has 1 spiro atoms. The van der Waals surface area contributed by atoms with Gasteiger partial charge in [0.15, 0.2) is 0 Å². The lowest BCUT2D eigenvalue weighted by atomic mass is 9.70. The first-order chi connectivity index (χ1) is 33.2. The van der Waals surface area contributed by atoms with E-state index >= 15 is 0 Å². The second-order valence-corrected chi connectivity index (χ2v) is 19.3. The Morgan fingerprint density at radius 1 is 0.299 bits per heavy atom. The van der Waals surface area contributed by atoms with Gasteiger partial charge < -0.3 is 4.90 Å². The monoisotopic (exact) mass is 865 g/mol. The van der Waals surface area contributed by atoms with Gasteiger partial charge in [-0.3, -0.25) is 0 Å². The molecule has 0 bridgehead atoms. The Hall–Kier alpha value is -8.30. The molecule has 0 saturated carbocycles. The molecule has 0 N–H and O–H groups in total. The number of benzene rings is 12. The Morgan fingerprint density at radius 3 is 1.43 bits per heavy atom. The van der Waals surface area contributed by atoms with E-state index in [0.717, 1.165) is 17.1 Å². The Kier molecular flexibility index (Phi) is 7.65. The fourth-order valence-electron chi connectivity index (χ4n) is 12.3. The minimum atomic E-state index is -0.447. The first kappa shape index (κ1) is 37.0. The van der Waals surface area contributed by atoms with E-state index in [2.05, 4.69) is 241 Å². The van der Waals surface area contributed by atoms with Crippen LogP contribution >= 0.6 is 11.3 Å². The van der Waals surface area contributed by atoms with E-state index < -0.39 is 5.41 Å². The second kappa shape index (κ2) is 13.9. The zero-order valence-corrected chi connectivity index (χ0v) is 37.2. The van der Waals surface area contributed by atoms with Crippen LogP contribution in [0, 0.1) is 0 Å². The summed E-state index contributed by atoms with van der Waals surface area (Å²) in [6.45, 7) is 0. The summed E-state index contributed by atoms with van der Waals surface area (Å²) in [5.41, 5.74) is 16.0. The summed E-state index contributed by atoms with van der Waals surface area (Å²) < 4.78 is 2.65. The smallest absolute Gasteiger partial charge is 0.0726 e. The highest BCUT2D eigenvalue weighted by Gasteiger charge is 2.51. The average molecular weight is 866 g/mol. The molecule has 12 aromatic carbocycles. The molecule has 0 unspecified atom stereocenters. The number of anilines is 3. The second-order valence-electron chi connectivity index (χ2n) is 18.3. The molecule has 15 rings (SSSR count).